The molecule has 0 aliphatic rings. The summed E-state index contributed by atoms with van der Waals surface area (Å²) < 4.78 is 16.3. The molecule has 2 aromatic rings. The van der Waals surface area contributed by atoms with Gasteiger partial charge in [0, 0.05) is 5.02 Å². The minimum absolute atomic E-state index is 0.0970. The van der Waals surface area contributed by atoms with Gasteiger partial charge in [0.15, 0.2) is 18.1 Å². The number of benzene rings is 2. The first-order valence-electron chi connectivity index (χ1n) is 8.21. The second kappa shape index (κ2) is 10.4. The average molecular weight is 376 g/mol. The highest BCUT2D eigenvalue weighted by atomic mass is 35.5. The Balaban J connectivity index is 1.73. The maximum atomic E-state index is 11.9. The van der Waals surface area contributed by atoms with Crippen LogP contribution in [0.5, 0.6) is 17.2 Å². The standard InChI is InChI=1S/C20H22ClNO4/c1-3-4-15-5-10-18(19(13-15)24-2)26-14-20(23)22-11-12-25-17-8-6-16(21)7-9-17/h3-10,13H,11-12,14H2,1-2H3,(H,22,23). The van der Waals surface area contributed by atoms with Gasteiger partial charge in [0.05, 0.1) is 13.7 Å². The van der Waals surface area contributed by atoms with Crippen molar-refractivity contribution >= 4 is 23.6 Å². The fraction of sp³-hybridized carbons (Fsp3) is 0.250. The predicted molar refractivity (Wildman–Crippen MR) is 103 cm³/mol. The van der Waals surface area contributed by atoms with Crippen molar-refractivity contribution in [1.29, 1.82) is 0 Å². The van der Waals surface area contributed by atoms with Gasteiger partial charge in [-0.3, -0.25) is 4.79 Å². The van der Waals surface area contributed by atoms with Crippen molar-refractivity contribution in [3.8, 4) is 17.2 Å². The van der Waals surface area contributed by atoms with Crippen LogP contribution in [0.4, 0.5) is 0 Å². The van der Waals surface area contributed by atoms with Crippen LogP contribution in [0.15, 0.2) is 48.5 Å². The Morgan fingerprint density at radius 2 is 1.88 bits per heavy atom. The number of hydrogen-bond donors (Lipinski definition) is 1. The van der Waals surface area contributed by atoms with Crippen molar-refractivity contribution in [3.63, 3.8) is 0 Å². The molecule has 0 atom stereocenters. The van der Waals surface area contributed by atoms with Gasteiger partial charge in [-0.15, -0.1) is 0 Å². The Hall–Kier alpha value is -2.66. The lowest BCUT2D eigenvalue weighted by Gasteiger charge is -2.12. The van der Waals surface area contributed by atoms with E-state index in [0.717, 1.165) is 5.56 Å². The van der Waals surface area contributed by atoms with E-state index < -0.39 is 0 Å². The maximum absolute atomic E-state index is 11.9. The molecule has 0 saturated heterocycles. The second-order valence-electron chi connectivity index (χ2n) is 5.35. The van der Waals surface area contributed by atoms with Crippen molar-refractivity contribution in [2.24, 2.45) is 0 Å². The van der Waals surface area contributed by atoms with Gasteiger partial charge < -0.3 is 19.5 Å². The van der Waals surface area contributed by atoms with Crippen LogP contribution in [0.3, 0.4) is 0 Å². The number of carbonyl (C=O) groups is 1. The van der Waals surface area contributed by atoms with Crippen molar-refractivity contribution in [2.45, 2.75) is 6.92 Å². The summed E-state index contributed by atoms with van der Waals surface area (Å²) in [7, 11) is 1.57. The zero-order valence-corrected chi connectivity index (χ0v) is 15.6. The summed E-state index contributed by atoms with van der Waals surface area (Å²) in [6.45, 7) is 2.58. The summed E-state index contributed by atoms with van der Waals surface area (Å²) in [5, 5.41) is 3.39. The summed E-state index contributed by atoms with van der Waals surface area (Å²) in [4.78, 5) is 11.9. The predicted octanol–water partition coefficient (Wildman–Crippen LogP) is 3.96. The topological polar surface area (TPSA) is 56.8 Å². The Morgan fingerprint density at radius 1 is 1.12 bits per heavy atom. The molecule has 0 saturated carbocycles. The number of methoxy groups -OCH3 is 1. The molecule has 0 unspecified atom stereocenters. The van der Waals surface area contributed by atoms with E-state index in [0.29, 0.717) is 35.4 Å². The molecule has 0 spiro atoms. The Morgan fingerprint density at radius 3 is 2.58 bits per heavy atom. The summed E-state index contributed by atoms with van der Waals surface area (Å²) in [6.07, 6.45) is 3.90. The molecule has 0 aliphatic carbocycles. The first-order valence-corrected chi connectivity index (χ1v) is 8.58. The normalized spacial score (nSPS) is 10.6. The van der Waals surface area contributed by atoms with E-state index in [4.69, 9.17) is 25.8 Å². The van der Waals surface area contributed by atoms with Crippen LogP contribution in [-0.4, -0.2) is 32.8 Å². The third-order valence-electron chi connectivity index (χ3n) is 3.41. The number of allylic oxidation sites excluding steroid dienone is 1. The fourth-order valence-corrected chi connectivity index (χ4v) is 2.31. The molecule has 2 rings (SSSR count). The van der Waals surface area contributed by atoms with Gasteiger partial charge in [-0.05, 0) is 48.9 Å². The largest absolute Gasteiger partial charge is 0.493 e. The van der Waals surface area contributed by atoms with Gasteiger partial charge in [-0.1, -0.05) is 29.8 Å². The van der Waals surface area contributed by atoms with E-state index >= 15 is 0 Å². The van der Waals surface area contributed by atoms with E-state index in [1.807, 2.05) is 31.2 Å². The highest BCUT2D eigenvalue weighted by Gasteiger charge is 2.08. The van der Waals surface area contributed by atoms with Gasteiger partial charge in [0.2, 0.25) is 0 Å². The summed E-state index contributed by atoms with van der Waals surface area (Å²) in [5.74, 6) is 1.57. The van der Waals surface area contributed by atoms with E-state index in [-0.39, 0.29) is 12.5 Å². The third-order valence-corrected chi connectivity index (χ3v) is 3.66. The minimum Gasteiger partial charge on any atom is -0.493 e. The number of hydrogen-bond acceptors (Lipinski definition) is 4. The maximum Gasteiger partial charge on any atom is 0.258 e. The Kier molecular flexibility index (Phi) is 7.83. The molecule has 138 valence electrons. The quantitative estimate of drug-likeness (QED) is 0.674. The molecule has 0 aromatic heterocycles. The molecule has 0 fully saturated rings. The third kappa shape index (κ3) is 6.33. The molecular weight excluding hydrogens is 354 g/mol. The van der Waals surface area contributed by atoms with Gasteiger partial charge in [0.25, 0.3) is 5.91 Å². The molecular formula is C20H22ClNO4. The van der Waals surface area contributed by atoms with Crippen LogP contribution in [0.25, 0.3) is 6.08 Å². The molecule has 0 heterocycles. The van der Waals surface area contributed by atoms with E-state index in [9.17, 15) is 4.79 Å². The molecule has 0 aliphatic heterocycles. The first-order chi connectivity index (χ1) is 12.6. The van der Waals surface area contributed by atoms with Gasteiger partial charge >= 0.3 is 0 Å². The number of ether oxygens (including phenoxy) is 3. The SMILES string of the molecule is CC=Cc1ccc(OCC(=O)NCCOc2ccc(Cl)cc2)c(OC)c1. The van der Waals surface area contributed by atoms with Crippen LogP contribution in [0.1, 0.15) is 12.5 Å². The summed E-state index contributed by atoms with van der Waals surface area (Å²) in [6, 6.07) is 12.6. The van der Waals surface area contributed by atoms with Crippen molar-refractivity contribution in [2.75, 3.05) is 26.9 Å². The van der Waals surface area contributed by atoms with Gasteiger partial charge in [0.1, 0.15) is 12.4 Å². The van der Waals surface area contributed by atoms with Crippen LogP contribution in [0, 0.1) is 0 Å². The summed E-state index contributed by atoms with van der Waals surface area (Å²) >= 11 is 5.81. The van der Waals surface area contributed by atoms with Crippen molar-refractivity contribution < 1.29 is 19.0 Å². The molecule has 0 radical (unpaired) electrons. The molecule has 1 amide bonds. The minimum atomic E-state index is -0.232. The highest BCUT2D eigenvalue weighted by Crippen LogP contribution is 2.28. The molecule has 0 bridgehead atoms. The van der Waals surface area contributed by atoms with Crippen LogP contribution >= 0.6 is 11.6 Å². The van der Waals surface area contributed by atoms with E-state index in [1.165, 1.54) is 0 Å². The van der Waals surface area contributed by atoms with Crippen molar-refractivity contribution in [1.82, 2.24) is 5.32 Å². The fourth-order valence-electron chi connectivity index (χ4n) is 2.18. The molecule has 6 heteroatoms. The number of nitrogens with one attached hydrogen (secondary N) is 1. The van der Waals surface area contributed by atoms with Crippen LogP contribution in [-0.2, 0) is 4.79 Å². The zero-order valence-electron chi connectivity index (χ0n) is 14.8. The number of carbonyl (C=O) groups excluding carboxylic acids is 1. The monoisotopic (exact) mass is 375 g/mol. The zero-order chi connectivity index (χ0) is 18.8. The lowest BCUT2D eigenvalue weighted by molar-refractivity contribution is -0.123. The Bertz CT molecular complexity index is 744. The smallest absolute Gasteiger partial charge is 0.258 e. The van der Waals surface area contributed by atoms with Gasteiger partial charge in [-0.2, -0.15) is 0 Å². The lowest BCUT2D eigenvalue weighted by atomic mass is 10.2. The first kappa shape index (κ1) is 19.7. The molecule has 26 heavy (non-hydrogen) atoms. The summed E-state index contributed by atoms with van der Waals surface area (Å²) in [5.41, 5.74) is 1.00. The Labute approximate surface area is 158 Å². The second-order valence-corrected chi connectivity index (χ2v) is 5.79. The van der Waals surface area contributed by atoms with Gasteiger partial charge in [-0.25, -0.2) is 0 Å². The van der Waals surface area contributed by atoms with E-state index in [1.54, 1.807) is 37.4 Å². The molecule has 1 N–H and O–H groups in total. The van der Waals surface area contributed by atoms with E-state index in [2.05, 4.69) is 5.32 Å². The average Bonchev–Trinajstić information content (AvgIpc) is 2.65. The highest BCUT2D eigenvalue weighted by molar-refractivity contribution is 6.30. The van der Waals surface area contributed by atoms with Crippen LogP contribution < -0.4 is 19.5 Å². The number of halogens is 1. The number of amides is 1. The molecule has 2 aromatic carbocycles. The van der Waals surface area contributed by atoms with Crippen molar-refractivity contribution in [3.05, 3.63) is 59.1 Å². The lowest BCUT2D eigenvalue weighted by Crippen LogP contribution is -2.32. The number of rotatable bonds is 9. The van der Waals surface area contributed by atoms with Crippen LogP contribution in [0.2, 0.25) is 5.02 Å². The molecule has 5 nitrogen and oxygen atoms in total.